The first kappa shape index (κ1) is 19.6. The number of esters is 1. The molecule has 27 heavy (non-hydrogen) atoms. The molecular formula is C19H25BN2O5. The number of ether oxygens (including phenoxy) is 1. The van der Waals surface area contributed by atoms with Crippen molar-refractivity contribution in [3.05, 3.63) is 34.2 Å². The smallest absolute Gasteiger partial charge is 0.462 e. The van der Waals surface area contributed by atoms with E-state index in [1.165, 1.54) is 6.20 Å². The van der Waals surface area contributed by atoms with Crippen LogP contribution in [0, 0.1) is 0 Å². The highest BCUT2D eigenvalue weighted by atomic mass is 16.7. The van der Waals surface area contributed by atoms with Crippen LogP contribution in [0.25, 0.3) is 11.0 Å². The van der Waals surface area contributed by atoms with Gasteiger partial charge in [-0.1, -0.05) is 0 Å². The van der Waals surface area contributed by atoms with Crippen LogP contribution in [0.3, 0.4) is 0 Å². The van der Waals surface area contributed by atoms with Crippen molar-refractivity contribution in [3.8, 4) is 0 Å². The molecule has 1 saturated heterocycles. The van der Waals surface area contributed by atoms with Crippen LogP contribution in [-0.2, 0) is 20.6 Å². The van der Waals surface area contributed by atoms with E-state index in [4.69, 9.17) is 14.0 Å². The molecule has 0 radical (unpaired) electrons. The van der Waals surface area contributed by atoms with E-state index in [1.54, 1.807) is 23.8 Å². The van der Waals surface area contributed by atoms with Crippen LogP contribution in [0.15, 0.2) is 23.3 Å². The molecule has 0 atom stereocenters. The Bertz CT molecular complexity index is 935. The van der Waals surface area contributed by atoms with Crippen LogP contribution in [0.1, 0.15) is 51.9 Å². The number of nitrogens with zero attached hydrogens (tertiary/aromatic N) is 2. The summed E-state index contributed by atoms with van der Waals surface area (Å²) in [5, 5.41) is 0.342. The van der Waals surface area contributed by atoms with E-state index in [1.807, 2.05) is 34.6 Å². The Morgan fingerprint density at radius 3 is 2.41 bits per heavy atom. The van der Waals surface area contributed by atoms with Gasteiger partial charge < -0.3 is 18.6 Å². The predicted molar refractivity (Wildman–Crippen MR) is 103 cm³/mol. The van der Waals surface area contributed by atoms with Crippen molar-refractivity contribution in [1.82, 2.24) is 9.55 Å². The molecule has 0 saturated carbocycles. The molecule has 0 unspecified atom stereocenters. The average molecular weight is 372 g/mol. The molecule has 0 spiro atoms. The summed E-state index contributed by atoms with van der Waals surface area (Å²) in [6, 6.07) is 1.70. The van der Waals surface area contributed by atoms with Crippen molar-refractivity contribution < 1.29 is 18.8 Å². The Kier molecular flexibility index (Phi) is 4.90. The van der Waals surface area contributed by atoms with Gasteiger partial charge in [0, 0.05) is 24.4 Å². The number of aryl methyl sites for hydroxylation is 1. The molecule has 0 bridgehead atoms. The molecule has 0 amide bonds. The molecule has 2 aromatic heterocycles. The van der Waals surface area contributed by atoms with E-state index >= 15 is 0 Å². The highest BCUT2D eigenvalue weighted by Crippen LogP contribution is 2.36. The summed E-state index contributed by atoms with van der Waals surface area (Å²) in [7, 11) is -0.632. The van der Waals surface area contributed by atoms with Crippen LogP contribution in [0.4, 0.5) is 0 Å². The number of pyridine rings is 2. The van der Waals surface area contributed by atoms with Gasteiger partial charge in [-0.25, -0.2) is 9.78 Å². The fourth-order valence-corrected chi connectivity index (χ4v) is 2.99. The summed E-state index contributed by atoms with van der Waals surface area (Å²) < 4.78 is 18.9. The maximum Gasteiger partial charge on any atom is 0.496 e. The number of carbonyl (C=O) groups excluding carboxylic acids is 1. The Morgan fingerprint density at radius 1 is 1.22 bits per heavy atom. The van der Waals surface area contributed by atoms with Crippen LogP contribution in [0.5, 0.6) is 0 Å². The molecule has 2 aromatic rings. The molecule has 3 heterocycles. The second-order valence-electron chi connectivity index (χ2n) is 7.61. The second-order valence-corrected chi connectivity index (χ2v) is 7.61. The zero-order valence-electron chi connectivity index (χ0n) is 16.7. The Balaban J connectivity index is 2.13. The fourth-order valence-electron chi connectivity index (χ4n) is 2.99. The maximum absolute atomic E-state index is 12.9. The van der Waals surface area contributed by atoms with Gasteiger partial charge in [-0.3, -0.25) is 4.79 Å². The molecule has 144 valence electrons. The van der Waals surface area contributed by atoms with Gasteiger partial charge in [-0.2, -0.15) is 0 Å². The van der Waals surface area contributed by atoms with E-state index < -0.39 is 29.7 Å². The molecule has 1 fully saturated rings. The largest absolute Gasteiger partial charge is 0.496 e. The fraction of sp³-hybridized carbons (Fsp3) is 0.526. The standard InChI is InChI=1S/C19H25BN2O5/c1-7-22-11-14(17(24)25-8-2)15(23)13-9-12(10-21-16(13)22)20-26-18(3,4)19(5,6)27-20/h9-11H,7-8H2,1-6H3. The zero-order valence-corrected chi connectivity index (χ0v) is 16.7. The molecule has 0 N–H and O–H groups in total. The first-order valence-corrected chi connectivity index (χ1v) is 9.17. The van der Waals surface area contributed by atoms with E-state index in [2.05, 4.69) is 4.98 Å². The zero-order chi connectivity index (χ0) is 20.0. The summed E-state index contributed by atoms with van der Waals surface area (Å²) in [5.74, 6) is -0.632. The highest BCUT2D eigenvalue weighted by molar-refractivity contribution is 6.62. The lowest BCUT2D eigenvalue weighted by atomic mass is 9.80. The molecule has 0 aromatic carbocycles. The molecule has 3 rings (SSSR count). The van der Waals surface area contributed by atoms with Crippen molar-refractivity contribution in [2.75, 3.05) is 6.61 Å². The molecule has 0 aliphatic carbocycles. The van der Waals surface area contributed by atoms with Gasteiger partial charge in [0.1, 0.15) is 11.2 Å². The lowest BCUT2D eigenvalue weighted by Gasteiger charge is -2.32. The van der Waals surface area contributed by atoms with Crippen LogP contribution >= 0.6 is 0 Å². The Labute approximate surface area is 158 Å². The van der Waals surface area contributed by atoms with Gasteiger partial charge in [0.25, 0.3) is 0 Å². The monoisotopic (exact) mass is 372 g/mol. The van der Waals surface area contributed by atoms with Crippen LogP contribution in [-0.4, -0.2) is 40.4 Å². The van der Waals surface area contributed by atoms with E-state index in [9.17, 15) is 9.59 Å². The highest BCUT2D eigenvalue weighted by Gasteiger charge is 2.51. The minimum atomic E-state index is -0.632. The summed E-state index contributed by atoms with van der Waals surface area (Å²) in [4.78, 5) is 29.5. The number of fused-ring (bicyclic) bond motifs is 1. The van der Waals surface area contributed by atoms with Crippen molar-refractivity contribution >= 4 is 29.6 Å². The number of rotatable bonds is 4. The molecular weight excluding hydrogens is 347 g/mol. The lowest BCUT2D eigenvalue weighted by molar-refractivity contribution is 0.00578. The van der Waals surface area contributed by atoms with Crippen molar-refractivity contribution in [2.24, 2.45) is 0 Å². The Morgan fingerprint density at radius 2 is 1.85 bits per heavy atom. The third kappa shape index (κ3) is 3.28. The molecule has 7 nitrogen and oxygen atoms in total. The predicted octanol–water partition coefficient (Wildman–Crippen LogP) is 1.89. The summed E-state index contributed by atoms with van der Waals surface area (Å²) in [6.45, 7) is 12.2. The van der Waals surface area contributed by atoms with Gasteiger partial charge in [-0.05, 0) is 47.6 Å². The molecule has 8 heteroatoms. The van der Waals surface area contributed by atoms with Gasteiger partial charge in [0.15, 0.2) is 0 Å². The van der Waals surface area contributed by atoms with Crippen LogP contribution in [0.2, 0.25) is 0 Å². The quantitative estimate of drug-likeness (QED) is 0.603. The van der Waals surface area contributed by atoms with E-state index in [0.717, 1.165) is 0 Å². The maximum atomic E-state index is 12.9. The number of hydrogen-bond acceptors (Lipinski definition) is 6. The van der Waals surface area contributed by atoms with E-state index in [-0.39, 0.29) is 12.2 Å². The Hall–Kier alpha value is -2.19. The molecule has 1 aliphatic heterocycles. The second kappa shape index (κ2) is 6.76. The van der Waals surface area contributed by atoms with Crippen molar-refractivity contribution in [2.45, 2.75) is 59.3 Å². The van der Waals surface area contributed by atoms with Crippen LogP contribution < -0.4 is 10.9 Å². The number of carbonyl (C=O) groups is 1. The normalized spacial score (nSPS) is 18.1. The lowest BCUT2D eigenvalue weighted by Crippen LogP contribution is -2.41. The third-order valence-corrected chi connectivity index (χ3v) is 5.30. The first-order valence-electron chi connectivity index (χ1n) is 9.17. The van der Waals surface area contributed by atoms with Gasteiger partial charge in [-0.15, -0.1) is 0 Å². The topological polar surface area (TPSA) is 79.7 Å². The van der Waals surface area contributed by atoms with Crippen molar-refractivity contribution in [3.63, 3.8) is 0 Å². The van der Waals surface area contributed by atoms with Gasteiger partial charge in [0.05, 0.1) is 23.2 Å². The average Bonchev–Trinajstić information content (AvgIpc) is 2.83. The third-order valence-electron chi connectivity index (χ3n) is 5.30. The molecule has 1 aliphatic rings. The number of aromatic nitrogens is 2. The summed E-state index contributed by atoms with van der Waals surface area (Å²) in [5.41, 5.74) is -0.248. The van der Waals surface area contributed by atoms with Crippen molar-refractivity contribution in [1.29, 1.82) is 0 Å². The first-order chi connectivity index (χ1) is 12.6. The van der Waals surface area contributed by atoms with E-state index in [0.29, 0.717) is 23.0 Å². The minimum absolute atomic E-state index is 0.000863. The SMILES string of the molecule is CCOC(=O)c1cn(CC)c2ncc(B3OC(C)(C)C(C)(C)O3)cc2c1=O. The van der Waals surface area contributed by atoms with Gasteiger partial charge in [0.2, 0.25) is 5.43 Å². The minimum Gasteiger partial charge on any atom is -0.462 e. The van der Waals surface area contributed by atoms with Gasteiger partial charge >= 0.3 is 13.1 Å². The summed E-state index contributed by atoms with van der Waals surface area (Å²) >= 11 is 0. The summed E-state index contributed by atoms with van der Waals surface area (Å²) in [6.07, 6.45) is 3.16. The number of hydrogen-bond donors (Lipinski definition) is 0.